The van der Waals surface area contributed by atoms with Crippen LogP contribution in [0.4, 0.5) is 4.79 Å². The number of nitrogens with two attached hydrogens (primary N) is 1. The summed E-state index contributed by atoms with van der Waals surface area (Å²) in [5, 5.41) is 12.9. The molecule has 0 fully saturated rings. The van der Waals surface area contributed by atoms with E-state index in [0.29, 0.717) is 4.88 Å². The van der Waals surface area contributed by atoms with E-state index in [0.717, 1.165) is 0 Å². The topological polar surface area (TPSA) is 92.4 Å². The average Bonchev–Trinajstić information content (AvgIpc) is 2.53. The maximum absolute atomic E-state index is 11.0. The maximum Gasteiger partial charge on any atom is 0.334 e. The van der Waals surface area contributed by atoms with Crippen LogP contribution in [0.2, 0.25) is 0 Å². The molecule has 5 nitrogen and oxygen atoms in total. The Morgan fingerprint density at radius 1 is 1.64 bits per heavy atom. The second-order valence-electron chi connectivity index (χ2n) is 2.90. The highest BCUT2D eigenvalue weighted by Gasteiger charge is 2.37. The third kappa shape index (κ3) is 1.85. The van der Waals surface area contributed by atoms with Gasteiger partial charge in [-0.1, -0.05) is 6.07 Å². The van der Waals surface area contributed by atoms with E-state index in [1.54, 1.807) is 17.5 Å². The summed E-state index contributed by atoms with van der Waals surface area (Å²) in [4.78, 5) is 22.2. The lowest BCUT2D eigenvalue weighted by Gasteiger charge is -2.23. The molecule has 4 N–H and O–H groups in total. The summed E-state index contributed by atoms with van der Waals surface area (Å²) in [7, 11) is 0. The lowest BCUT2D eigenvalue weighted by atomic mass is 10.0. The molecule has 0 saturated heterocycles. The van der Waals surface area contributed by atoms with E-state index in [9.17, 15) is 9.59 Å². The first-order valence-electron chi connectivity index (χ1n) is 3.82. The van der Waals surface area contributed by atoms with Crippen molar-refractivity contribution in [1.29, 1.82) is 0 Å². The number of nitrogens with one attached hydrogen (secondary N) is 1. The molecule has 76 valence electrons. The zero-order valence-electron chi connectivity index (χ0n) is 7.48. The van der Waals surface area contributed by atoms with Gasteiger partial charge in [0.05, 0.1) is 0 Å². The SMILES string of the molecule is CC(NC(N)=O)(C(=O)O)c1cccs1. The summed E-state index contributed by atoms with van der Waals surface area (Å²) in [5.74, 6) is -1.14. The van der Waals surface area contributed by atoms with Crippen molar-refractivity contribution in [2.45, 2.75) is 12.5 Å². The second-order valence-corrected chi connectivity index (χ2v) is 3.84. The standard InChI is InChI=1S/C8H10N2O3S/c1-8(6(11)12,10-7(9)13)5-3-2-4-14-5/h2-4H,1H3,(H,11,12)(H3,9,10,13). The van der Waals surface area contributed by atoms with Crippen molar-refractivity contribution in [3.63, 3.8) is 0 Å². The Labute approximate surface area is 84.5 Å². The number of urea groups is 1. The molecule has 0 saturated carbocycles. The van der Waals surface area contributed by atoms with Crippen molar-refractivity contribution in [2.75, 3.05) is 0 Å². The van der Waals surface area contributed by atoms with Gasteiger partial charge in [-0.2, -0.15) is 0 Å². The molecular formula is C8H10N2O3S. The predicted molar refractivity (Wildman–Crippen MR) is 52.0 cm³/mol. The minimum Gasteiger partial charge on any atom is -0.479 e. The Balaban J connectivity index is 3.05. The van der Waals surface area contributed by atoms with Gasteiger partial charge in [-0.15, -0.1) is 11.3 Å². The minimum atomic E-state index is -1.44. The molecule has 1 atom stereocenters. The zero-order chi connectivity index (χ0) is 10.8. The summed E-state index contributed by atoms with van der Waals surface area (Å²) < 4.78 is 0. The third-order valence-corrected chi connectivity index (χ3v) is 2.91. The molecule has 1 aromatic rings. The number of carbonyl (C=O) groups is 2. The largest absolute Gasteiger partial charge is 0.479 e. The normalized spacial score (nSPS) is 14.4. The van der Waals surface area contributed by atoms with Crippen molar-refractivity contribution in [3.05, 3.63) is 22.4 Å². The van der Waals surface area contributed by atoms with Gasteiger partial charge in [0.25, 0.3) is 0 Å². The quantitative estimate of drug-likeness (QED) is 0.692. The fraction of sp³-hybridized carbons (Fsp3) is 0.250. The van der Waals surface area contributed by atoms with E-state index in [2.05, 4.69) is 5.32 Å². The van der Waals surface area contributed by atoms with Crippen LogP contribution in [-0.2, 0) is 10.3 Å². The molecule has 1 unspecified atom stereocenters. The van der Waals surface area contributed by atoms with Gasteiger partial charge >= 0.3 is 12.0 Å². The molecule has 0 spiro atoms. The molecule has 0 aliphatic heterocycles. The fourth-order valence-electron chi connectivity index (χ4n) is 1.03. The van der Waals surface area contributed by atoms with Crippen LogP contribution in [0.3, 0.4) is 0 Å². The van der Waals surface area contributed by atoms with Crippen LogP contribution in [0.15, 0.2) is 17.5 Å². The van der Waals surface area contributed by atoms with Gasteiger partial charge in [0.2, 0.25) is 0 Å². The maximum atomic E-state index is 11.0. The minimum absolute atomic E-state index is 0.531. The molecule has 0 aliphatic rings. The Morgan fingerprint density at radius 3 is 2.64 bits per heavy atom. The number of hydrogen-bond donors (Lipinski definition) is 3. The Hall–Kier alpha value is -1.56. The van der Waals surface area contributed by atoms with E-state index in [1.807, 2.05) is 0 Å². The first-order valence-corrected chi connectivity index (χ1v) is 4.70. The average molecular weight is 214 g/mol. The van der Waals surface area contributed by atoms with Crippen LogP contribution < -0.4 is 11.1 Å². The van der Waals surface area contributed by atoms with Gasteiger partial charge in [-0.05, 0) is 18.4 Å². The van der Waals surface area contributed by atoms with Crippen molar-refractivity contribution >= 4 is 23.3 Å². The molecule has 0 radical (unpaired) electrons. The number of hydrogen-bond acceptors (Lipinski definition) is 3. The summed E-state index contributed by atoms with van der Waals surface area (Å²) in [6.45, 7) is 1.39. The highest BCUT2D eigenvalue weighted by Crippen LogP contribution is 2.25. The van der Waals surface area contributed by atoms with Gasteiger partial charge in [-0.25, -0.2) is 9.59 Å². The molecule has 0 aliphatic carbocycles. The number of rotatable bonds is 3. The molecule has 1 heterocycles. The molecular weight excluding hydrogens is 204 g/mol. The first kappa shape index (κ1) is 10.5. The summed E-state index contributed by atoms with van der Waals surface area (Å²) in [6.07, 6.45) is 0. The number of carboxylic acid groups (broad SMARTS) is 1. The van der Waals surface area contributed by atoms with Crippen LogP contribution in [-0.4, -0.2) is 17.1 Å². The zero-order valence-corrected chi connectivity index (χ0v) is 8.30. The van der Waals surface area contributed by atoms with Crippen molar-refractivity contribution in [3.8, 4) is 0 Å². The van der Waals surface area contributed by atoms with Crippen molar-refractivity contribution in [1.82, 2.24) is 5.32 Å². The van der Waals surface area contributed by atoms with Crippen LogP contribution in [0.25, 0.3) is 0 Å². The molecule has 1 aromatic heterocycles. The molecule has 0 bridgehead atoms. The number of amides is 2. The summed E-state index contributed by atoms with van der Waals surface area (Å²) >= 11 is 1.25. The molecule has 0 aromatic carbocycles. The van der Waals surface area contributed by atoms with E-state index in [1.165, 1.54) is 18.3 Å². The number of carboxylic acids is 1. The van der Waals surface area contributed by atoms with Crippen molar-refractivity contribution < 1.29 is 14.7 Å². The fourth-order valence-corrected chi connectivity index (χ4v) is 1.86. The predicted octanol–water partition coefficient (Wildman–Crippen LogP) is 0.716. The number of primary amides is 1. The van der Waals surface area contributed by atoms with Gasteiger partial charge < -0.3 is 16.2 Å². The van der Waals surface area contributed by atoms with E-state index >= 15 is 0 Å². The smallest absolute Gasteiger partial charge is 0.334 e. The van der Waals surface area contributed by atoms with Gasteiger partial charge in [-0.3, -0.25) is 0 Å². The van der Waals surface area contributed by atoms with Crippen LogP contribution in [0.1, 0.15) is 11.8 Å². The molecule has 1 rings (SSSR count). The number of carbonyl (C=O) groups excluding carboxylic acids is 1. The number of aliphatic carboxylic acids is 1. The first-order chi connectivity index (χ1) is 6.47. The van der Waals surface area contributed by atoms with E-state index < -0.39 is 17.5 Å². The highest BCUT2D eigenvalue weighted by molar-refractivity contribution is 7.10. The molecule has 14 heavy (non-hydrogen) atoms. The monoisotopic (exact) mass is 214 g/mol. The highest BCUT2D eigenvalue weighted by atomic mass is 32.1. The molecule has 6 heteroatoms. The second kappa shape index (κ2) is 3.67. The van der Waals surface area contributed by atoms with E-state index in [4.69, 9.17) is 10.8 Å². The van der Waals surface area contributed by atoms with E-state index in [-0.39, 0.29) is 0 Å². The summed E-state index contributed by atoms with van der Waals surface area (Å²) in [5.41, 5.74) is 3.47. The Kier molecular flexibility index (Phi) is 2.76. The Bertz CT molecular complexity index is 349. The Morgan fingerprint density at radius 2 is 2.29 bits per heavy atom. The van der Waals surface area contributed by atoms with Crippen LogP contribution in [0.5, 0.6) is 0 Å². The lowest BCUT2D eigenvalue weighted by molar-refractivity contribution is -0.143. The van der Waals surface area contributed by atoms with Gasteiger partial charge in [0.15, 0.2) is 5.54 Å². The van der Waals surface area contributed by atoms with Crippen LogP contribution >= 0.6 is 11.3 Å². The summed E-state index contributed by atoms with van der Waals surface area (Å²) in [6, 6.07) is 2.49. The lowest BCUT2D eigenvalue weighted by Crippen LogP contribution is -2.51. The van der Waals surface area contributed by atoms with Crippen LogP contribution in [0, 0.1) is 0 Å². The molecule has 2 amide bonds. The number of thiophene rings is 1. The third-order valence-electron chi connectivity index (χ3n) is 1.81. The van der Waals surface area contributed by atoms with Crippen molar-refractivity contribution in [2.24, 2.45) is 5.73 Å². The van der Waals surface area contributed by atoms with Gasteiger partial charge in [0.1, 0.15) is 0 Å². The van der Waals surface area contributed by atoms with Gasteiger partial charge in [0, 0.05) is 4.88 Å².